The minimum absolute atomic E-state index is 0.00697. The molecule has 1 aromatic heterocycles. The van der Waals surface area contributed by atoms with Crippen molar-refractivity contribution in [2.45, 2.75) is 134 Å². The van der Waals surface area contributed by atoms with Crippen molar-refractivity contribution >= 4 is 42.8 Å². The molecule has 0 radical (unpaired) electrons. The Labute approximate surface area is 336 Å². The number of aromatic amines is 1. The van der Waals surface area contributed by atoms with Crippen LogP contribution in [0.2, 0.25) is 10.1 Å². The predicted molar refractivity (Wildman–Crippen MR) is 200 cm³/mol. The Bertz CT molecular complexity index is 1830. The zero-order valence-corrected chi connectivity index (χ0v) is 36.6. The van der Waals surface area contributed by atoms with Crippen LogP contribution < -0.4 is 16.6 Å². The van der Waals surface area contributed by atoms with Crippen LogP contribution in [0.3, 0.4) is 0 Å². The maximum Gasteiger partial charge on any atom is 0.481 e. The second-order valence-electron chi connectivity index (χ2n) is 15.6. The number of nitrogens with zero attached hydrogens (tertiary/aromatic N) is 2. The third-order valence-electron chi connectivity index (χ3n) is 9.19. The van der Waals surface area contributed by atoms with Crippen LogP contribution in [-0.2, 0) is 69.4 Å². The first-order chi connectivity index (χ1) is 26.9. The highest BCUT2D eigenvalue weighted by Gasteiger charge is 2.65. The molecule has 0 saturated carbocycles. The van der Waals surface area contributed by atoms with E-state index in [0.717, 1.165) is 30.7 Å². The number of aromatic nitrogens is 2. The maximum absolute atomic E-state index is 13.7. The van der Waals surface area contributed by atoms with Gasteiger partial charge in [-0.15, -0.1) is 0 Å². The monoisotopic (exact) mass is 882 g/mol. The molecule has 1 amide bonds. The minimum Gasteiger partial charge on any atom is -0.456 e. The van der Waals surface area contributed by atoms with E-state index in [1.807, 2.05) is 47.6 Å². The minimum atomic E-state index is -5.29. The Balaban J connectivity index is 1.59. The molecule has 0 aliphatic carbocycles. The van der Waals surface area contributed by atoms with Crippen molar-refractivity contribution in [2.75, 3.05) is 26.9 Å². The van der Waals surface area contributed by atoms with Crippen molar-refractivity contribution in [3.8, 4) is 6.07 Å². The third-order valence-corrected chi connectivity index (χ3v) is 16.9. The zero-order chi connectivity index (χ0) is 43.4. The molecule has 1 aromatic rings. The summed E-state index contributed by atoms with van der Waals surface area (Å²) >= 11 is 0. The van der Waals surface area contributed by atoms with Crippen molar-refractivity contribution in [3.63, 3.8) is 0 Å². The number of esters is 2. The summed E-state index contributed by atoms with van der Waals surface area (Å²) in [5, 5.41) is 10.9. The molecule has 3 aliphatic rings. The van der Waals surface area contributed by atoms with Crippen molar-refractivity contribution in [2.24, 2.45) is 0 Å². The lowest BCUT2D eigenvalue weighted by atomic mass is 9.96. The van der Waals surface area contributed by atoms with E-state index < -0.39 is 126 Å². The molecule has 3 aliphatic heterocycles. The van der Waals surface area contributed by atoms with Gasteiger partial charge in [0.15, 0.2) is 24.7 Å². The number of H-pyrrole nitrogens is 1. The predicted octanol–water partition coefficient (Wildman–Crippen LogP) is 2.31. The Kier molecular flexibility index (Phi) is 15.8. The first-order valence-corrected chi connectivity index (χ1v) is 22.6. The third kappa shape index (κ3) is 11.2. The Morgan fingerprint density at radius 2 is 1.69 bits per heavy atom. The largest absolute Gasteiger partial charge is 0.481 e. The van der Waals surface area contributed by atoms with E-state index >= 15 is 0 Å². The van der Waals surface area contributed by atoms with Gasteiger partial charge in [0.1, 0.15) is 30.5 Å². The topological polar surface area (TPSA) is 281 Å². The van der Waals surface area contributed by atoms with Crippen LogP contribution in [0.5, 0.6) is 0 Å². The summed E-state index contributed by atoms with van der Waals surface area (Å²) in [5.74, 6) is -2.21. The number of amides is 1. The number of phosphoric acid groups is 1. The van der Waals surface area contributed by atoms with Gasteiger partial charge in [0, 0.05) is 50.2 Å². The average molecular weight is 883 g/mol. The van der Waals surface area contributed by atoms with Gasteiger partial charge in [0.25, 0.3) is 5.56 Å². The normalized spacial score (nSPS) is 29.9. The summed E-state index contributed by atoms with van der Waals surface area (Å²) in [7, 11) is -9.90. The first-order valence-electron chi connectivity index (χ1n) is 18.2. The molecule has 4 heterocycles. The van der Waals surface area contributed by atoms with Gasteiger partial charge in [-0.2, -0.15) is 5.26 Å². The second kappa shape index (κ2) is 19.2. The molecule has 11 atom stereocenters. The molecule has 4 rings (SSSR count). The second-order valence-corrected chi connectivity index (χ2v) is 23.1. The van der Waals surface area contributed by atoms with Gasteiger partial charge in [-0.1, -0.05) is 41.5 Å². The lowest BCUT2D eigenvalue weighted by molar-refractivity contribution is -0.264. The summed E-state index contributed by atoms with van der Waals surface area (Å²) in [6.45, 7) is 14.5. The first kappa shape index (κ1) is 47.7. The maximum atomic E-state index is 13.7. The van der Waals surface area contributed by atoms with Gasteiger partial charge in [0.05, 0.1) is 32.3 Å². The van der Waals surface area contributed by atoms with Crippen LogP contribution in [0.15, 0.2) is 21.9 Å². The lowest BCUT2D eigenvalue weighted by Gasteiger charge is -2.58. The number of carbonyl (C=O) groups excluding carboxylic acids is 3. The molecule has 0 aromatic carbocycles. The van der Waals surface area contributed by atoms with Gasteiger partial charge in [-0.05, 0) is 0 Å². The van der Waals surface area contributed by atoms with E-state index in [0.29, 0.717) is 0 Å². The van der Waals surface area contributed by atoms with E-state index in [2.05, 4.69) is 10.3 Å². The molecule has 0 spiro atoms. The number of rotatable bonds is 15. The number of hydrogen-bond acceptors (Lipinski definition) is 18. The molecular weight excluding hydrogens is 830 g/mol. The smallest absolute Gasteiger partial charge is 0.456 e. The van der Waals surface area contributed by atoms with Crippen LogP contribution in [0.25, 0.3) is 0 Å². The number of fused-ring (bicyclic) bond motifs is 1. The van der Waals surface area contributed by atoms with Gasteiger partial charge < -0.3 is 51.8 Å². The molecule has 22 nitrogen and oxygen atoms in total. The van der Waals surface area contributed by atoms with Crippen LogP contribution in [0.1, 0.15) is 75.0 Å². The van der Waals surface area contributed by atoms with Crippen LogP contribution in [0, 0.1) is 11.3 Å². The quantitative estimate of drug-likeness (QED) is 0.0986. The van der Waals surface area contributed by atoms with Gasteiger partial charge in [0.2, 0.25) is 5.91 Å². The molecular formula is C33H52N4O18P2Si. The molecule has 25 heteroatoms. The fourth-order valence-electron chi connectivity index (χ4n) is 7.24. The molecule has 0 bridgehead atoms. The Morgan fingerprint density at radius 1 is 1.05 bits per heavy atom. The number of ether oxygens (including phenoxy) is 5. The highest BCUT2D eigenvalue weighted by molar-refractivity contribution is 7.58. The molecule has 58 heavy (non-hydrogen) atoms. The summed E-state index contributed by atoms with van der Waals surface area (Å²) in [6.07, 6.45) is -9.13. The van der Waals surface area contributed by atoms with Crippen molar-refractivity contribution in [1.29, 1.82) is 5.26 Å². The highest BCUT2D eigenvalue weighted by Crippen LogP contribution is 2.60. The van der Waals surface area contributed by atoms with E-state index in [-0.39, 0.29) is 19.6 Å². The van der Waals surface area contributed by atoms with E-state index in [1.54, 1.807) is 0 Å². The lowest BCUT2D eigenvalue weighted by Crippen LogP contribution is -2.73. The molecule has 3 fully saturated rings. The summed E-state index contributed by atoms with van der Waals surface area (Å²) < 4.78 is 78.9. The van der Waals surface area contributed by atoms with Crippen LogP contribution in [-0.4, -0.2) is 117 Å². The molecule has 326 valence electrons. The number of carbonyl (C=O) groups is 3. The zero-order valence-electron chi connectivity index (χ0n) is 33.9. The number of nitriles is 1. The fourth-order valence-corrected chi connectivity index (χ4v) is 14.4. The van der Waals surface area contributed by atoms with Crippen molar-refractivity contribution in [3.05, 3.63) is 33.1 Å². The van der Waals surface area contributed by atoms with E-state index in [4.69, 9.17) is 55.7 Å². The summed E-state index contributed by atoms with van der Waals surface area (Å²) in [5.41, 5.74) is -1.67. The van der Waals surface area contributed by atoms with Gasteiger partial charge in [-0.3, -0.25) is 33.3 Å². The van der Waals surface area contributed by atoms with E-state index in [9.17, 15) is 33.4 Å². The van der Waals surface area contributed by atoms with Gasteiger partial charge in [-0.25, -0.2) is 13.7 Å². The molecule has 3 saturated heterocycles. The number of methoxy groups -OCH3 is 1. The average Bonchev–Trinajstić information content (AvgIpc) is 3.40. The van der Waals surface area contributed by atoms with Crippen molar-refractivity contribution in [1.82, 2.24) is 14.9 Å². The standard InChI is InChI=1S/C33H52N4O18P2Si/c1-18(38)35-24-27(45-10)26-22(17-48-58(54-26,32(4,5)6)33(7,8)9)52-30(24)53-57(43,44)55-56(46-15-11-13-34)47-16-21-25(49-19(2)39)28(50-20(3)40)29(51-21)37-14-12-23(41)36-31(37)42/h12,14,21-22,24-30H,11,15-17H2,1-10H3,(H,35,38)(H,43,44)(H,36,41,42). The van der Waals surface area contributed by atoms with Crippen molar-refractivity contribution < 1.29 is 74.3 Å². The van der Waals surface area contributed by atoms with Gasteiger partial charge >= 0.3 is 42.6 Å². The SMILES string of the molecule is COC1C(NC(C)=O)C(OP(=O)(O)OP(OCCC#N)OCC2OC(n3ccc(=O)[nH]c3=O)C(OC(C)=O)C2OC(C)=O)OC2CO[Si](C(C)(C)C)(C(C)(C)C)OC21. The summed E-state index contributed by atoms with van der Waals surface area (Å²) in [4.78, 5) is 74.4. The van der Waals surface area contributed by atoms with Crippen LogP contribution >= 0.6 is 16.4 Å². The molecule has 11 unspecified atom stereocenters. The number of hydrogen-bond donors (Lipinski definition) is 3. The van der Waals surface area contributed by atoms with E-state index in [1.165, 1.54) is 14.0 Å². The molecule has 3 N–H and O–H groups in total. The Morgan fingerprint density at radius 3 is 2.24 bits per heavy atom. The summed E-state index contributed by atoms with van der Waals surface area (Å²) in [6, 6.07) is 1.64. The highest BCUT2D eigenvalue weighted by atomic mass is 31.3. The fraction of sp³-hybridized carbons (Fsp3) is 0.758. The number of phosphoric ester groups is 1. The van der Waals surface area contributed by atoms with Crippen LogP contribution in [0.4, 0.5) is 0 Å². The Hall–Kier alpha value is -2.94. The number of nitrogens with one attached hydrogen (secondary N) is 2.